The fraction of sp³-hybridized carbons (Fsp3) is 0.533. The Bertz CT molecular complexity index is 460. The molecule has 0 aromatic heterocycles. The minimum absolute atomic E-state index is 0.117. The summed E-state index contributed by atoms with van der Waals surface area (Å²) in [5.74, 6) is -0.617. The summed E-state index contributed by atoms with van der Waals surface area (Å²) in [4.78, 5) is 12.1. The van der Waals surface area contributed by atoms with Crippen LogP contribution in [0.3, 0.4) is 0 Å². The molecule has 3 unspecified atom stereocenters. The molecule has 0 aliphatic carbocycles. The predicted molar refractivity (Wildman–Crippen MR) is 76.1 cm³/mol. The Morgan fingerprint density at radius 1 is 1.52 bits per heavy atom. The van der Waals surface area contributed by atoms with Crippen LogP contribution < -0.4 is 11.1 Å². The standard InChI is InChI=1S/C15H21FN2O3/c1-20-9-12(17)15(19)18-14(13-3-2-8-21-13)10-4-6-11(16)7-5-10/h4-7,12-14H,2-3,8-9,17H2,1H3,(H,18,19). The molecule has 1 aliphatic rings. The van der Waals surface area contributed by atoms with Gasteiger partial charge in [-0.1, -0.05) is 12.1 Å². The van der Waals surface area contributed by atoms with E-state index in [2.05, 4.69) is 5.32 Å². The average molecular weight is 296 g/mol. The second kappa shape index (κ2) is 7.49. The number of halogens is 1. The van der Waals surface area contributed by atoms with E-state index in [-0.39, 0.29) is 30.5 Å². The van der Waals surface area contributed by atoms with Crippen molar-refractivity contribution in [3.05, 3.63) is 35.6 Å². The highest BCUT2D eigenvalue weighted by atomic mass is 19.1. The summed E-state index contributed by atoms with van der Waals surface area (Å²) in [6.45, 7) is 0.815. The Kier molecular flexibility index (Phi) is 5.67. The monoisotopic (exact) mass is 296 g/mol. The number of amides is 1. The van der Waals surface area contributed by atoms with E-state index in [1.807, 2.05) is 0 Å². The van der Waals surface area contributed by atoms with Gasteiger partial charge >= 0.3 is 0 Å². The number of hydrogen-bond donors (Lipinski definition) is 2. The fourth-order valence-electron chi connectivity index (χ4n) is 2.44. The minimum Gasteiger partial charge on any atom is -0.383 e. The molecule has 1 aliphatic heterocycles. The van der Waals surface area contributed by atoms with Crippen LogP contribution in [0, 0.1) is 5.82 Å². The second-order valence-electron chi connectivity index (χ2n) is 5.15. The van der Waals surface area contributed by atoms with Gasteiger partial charge in [0.2, 0.25) is 5.91 Å². The lowest BCUT2D eigenvalue weighted by Gasteiger charge is -2.26. The van der Waals surface area contributed by atoms with Crippen LogP contribution >= 0.6 is 0 Å². The van der Waals surface area contributed by atoms with Crippen LogP contribution in [0.5, 0.6) is 0 Å². The molecule has 1 fully saturated rings. The van der Waals surface area contributed by atoms with Crippen molar-refractivity contribution in [3.63, 3.8) is 0 Å². The molecule has 0 bridgehead atoms. The van der Waals surface area contributed by atoms with Crippen molar-refractivity contribution in [1.82, 2.24) is 5.32 Å². The van der Waals surface area contributed by atoms with E-state index >= 15 is 0 Å². The van der Waals surface area contributed by atoms with Crippen LogP contribution in [0.1, 0.15) is 24.4 Å². The normalized spacial score (nSPS) is 21.0. The molecule has 1 heterocycles. The first-order valence-corrected chi connectivity index (χ1v) is 7.03. The van der Waals surface area contributed by atoms with E-state index in [0.717, 1.165) is 18.4 Å². The van der Waals surface area contributed by atoms with E-state index in [0.29, 0.717) is 6.61 Å². The van der Waals surface area contributed by atoms with Gasteiger partial charge in [-0.15, -0.1) is 0 Å². The van der Waals surface area contributed by atoms with Gasteiger partial charge in [-0.3, -0.25) is 4.79 Å². The number of nitrogens with two attached hydrogens (primary N) is 1. The molecule has 1 amide bonds. The van der Waals surface area contributed by atoms with Gasteiger partial charge in [-0.25, -0.2) is 4.39 Å². The Hall–Kier alpha value is -1.50. The minimum atomic E-state index is -0.737. The summed E-state index contributed by atoms with van der Waals surface area (Å²) in [5.41, 5.74) is 6.55. The summed E-state index contributed by atoms with van der Waals surface area (Å²) in [5, 5.41) is 2.89. The van der Waals surface area contributed by atoms with Gasteiger partial charge in [0.25, 0.3) is 0 Å². The Balaban J connectivity index is 2.12. The molecule has 21 heavy (non-hydrogen) atoms. The first-order chi connectivity index (χ1) is 10.1. The molecular weight excluding hydrogens is 275 g/mol. The zero-order valence-electron chi connectivity index (χ0n) is 12.0. The van der Waals surface area contributed by atoms with E-state index in [4.69, 9.17) is 15.2 Å². The van der Waals surface area contributed by atoms with E-state index in [9.17, 15) is 9.18 Å². The maximum atomic E-state index is 13.1. The van der Waals surface area contributed by atoms with Gasteiger partial charge in [-0.2, -0.15) is 0 Å². The Morgan fingerprint density at radius 3 is 2.81 bits per heavy atom. The third-order valence-corrected chi connectivity index (χ3v) is 3.55. The SMILES string of the molecule is COCC(N)C(=O)NC(c1ccc(F)cc1)C1CCCO1. The van der Waals surface area contributed by atoms with Gasteiger partial charge in [0, 0.05) is 13.7 Å². The number of hydrogen-bond acceptors (Lipinski definition) is 4. The molecule has 6 heteroatoms. The quantitative estimate of drug-likeness (QED) is 0.825. The van der Waals surface area contributed by atoms with Crippen molar-refractivity contribution in [3.8, 4) is 0 Å². The third-order valence-electron chi connectivity index (χ3n) is 3.55. The van der Waals surface area contributed by atoms with Crippen molar-refractivity contribution in [2.24, 2.45) is 5.73 Å². The highest BCUT2D eigenvalue weighted by Crippen LogP contribution is 2.27. The molecule has 0 spiro atoms. The fourth-order valence-corrected chi connectivity index (χ4v) is 2.44. The largest absolute Gasteiger partial charge is 0.383 e. The van der Waals surface area contributed by atoms with E-state index < -0.39 is 6.04 Å². The molecule has 3 N–H and O–H groups in total. The molecule has 1 aromatic rings. The number of carbonyl (C=O) groups is 1. The van der Waals surface area contributed by atoms with Crippen LogP contribution in [0.2, 0.25) is 0 Å². The number of benzene rings is 1. The number of ether oxygens (including phenoxy) is 2. The molecule has 116 valence electrons. The lowest BCUT2D eigenvalue weighted by molar-refractivity contribution is -0.125. The summed E-state index contributed by atoms with van der Waals surface area (Å²) in [6.07, 6.45) is 1.68. The van der Waals surface area contributed by atoms with Gasteiger partial charge in [-0.05, 0) is 30.5 Å². The summed E-state index contributed by atoms with van der Waals surface area (Å²) in [7, 11) is 1.49. The zero-order chi connectivity index (χ0) is 15.2. The van der Waals surface area contributed by atoms with Gasteiger partial charge in [0.05, 0.1) is 18.8 Å². The first-order valence-electron chi connectivity index (χ1n) is 7.03. The smallest absolute Gasteiger partial charge is 0.239 e. The molecule has 0 radical (unpaired) electrons. The zero-order valence-corrected chi connectivity index (χ0v) is 12.0. The van der Waals surface area contributed by atoms with E-state index in [1.54, 1.807) is 12.1 Å². The van der Waals surface area contributed by atoms with Crippen molar-refractivity contribution in [2.45, 2.75) is 31.0 Å². The molecule has 5 nitrogen and oxygen atoms in total. The van der Waals surface area contributed by atoms with Crippen LogP contribution in [0.25, 0.3) is 0 Å². The molecule has 3 atom stereocenters. The van der Waals surface area contributed by atoms with Crippen molar-refractivity contribution in [1.29, 1.82) is 0 Å². The number of nitrogens with one attached hydrogen (secondary N) is 1. The lowest BCUT2D eigenvalue weighted by Crippen LogP contribution is -2.47. The Morgan fingerprint density at radius 2 is 2.24 bits per heavy atom. The molecule has 2 rings (SSSR count). The van der Waals surface area contributed by atoms with Crippen molar-refractivity contribution < 1.29 is 18.7 Å². The van der Waals surface area contributed by atoms with Crippen LogP contribution in [-0.4, -0.2) is 38.4 Å². The number of rotatable bonds is 6. The summed E-state index contributed by atoms with van der Waals surface area (Å²) >= 11 is 0. The van der Waals surface area contributed by atoms with Crippen LogP contribution in [0.4, 0.5) is 4.39 Å². The highest BCUT2D eigenvalue weighted by molar-refractivity contribution is 5.82. The lowest BCUT2D eigenvalue weighted by atomic mass is 9.99. The number of methoxy groups -OCH3 is 1. The van der Waals surface area contributed by atoms with Crippen molar-refractivity contribution in [2.75, 3.05) is 20.3 Å². The summed E-state index contributed by atoms with van der Waals surface area (Å²) in [6, 6.07) is 4.99. The van der Waals surface area contributed by atoms with Gasteiger partial charge < -0.3 is 20.5 Å². The molecular formula is C15H21FN2O3. The van der Waals surface area contributed by atoms with Crippen LogP contribution in [-0.2, 0) is 14.3 Å². The average Bonchev–Trinajstić information content (AvgIpc) is 3.00. The first kappa shape index (κ1) is 15.9. The van der Waals surface area contributed by atoms with E-state index in [1.165, 1.54) is 19.2 Å². The molecule has 0 saturated carbocycles. The molecule has 1 saturated heterocycles. The number of carbonyl (C=O) groups excluding carboxylic acids is 1. The topological polar surface area (TPSA) is 73.6 Å². The van der Waals surface area contributed by atoms with Gasteiger partial charge in [0.1, 0.15) is 11.9 Å². The van der Waals surface area contributed by atoms with Crippen molar-refractivity contribution >= 4 is 5.91 Å². The third kappa shape index (κ3) is 4.23. The molecule has 1 aromatic carbocycles. The predicted octanol–water partition coefficient (Wildman–Crippen LogP) is 1.14. The highest BCUT2D eigenvalue weighted by Gasteiger charge is 2.30. The maximum absolute atomic E-state index is 13.1. The maximum Gasteiger partial charge on any atom is 0.239 e. The second-order valence-corrected chi connectivity index (χ2v) is 5.15. The Labute approximate surface area is 123 Å². The summed E-state index contributed by atoms with van der Waals surface area (Å²) < 4.78 is 23.6. The van der Waals surface area contributed by atoms with Gasteiger partial charge in [0.15, 0.2) is 0 Å². The van der Waals surface area contributed by atoms with Crippen LogP contribution in [0.15, 0.2) is 24.3 Å².